The molecule has 11 heteroatoms. The number of methoxy groups -OCH3 is 1. The summed E-state index contributed by atoms with van der Waals surface area (Å²) < 4.78 is 31.5. The van der Waals surface area contributed by atoms with Gasteiger partial charge in [-0.25, -0.2) is 9.59 Å². The Morgan fingerprint density at radius 1 is 0.829 bits per heavy atom. The van der Waals surface area contributed by atoms with Gasteiger partial charge in [0.25, 0.3) is 0 Å². The Hall–Kier alpha value is -3.34. The molecule has 2 unspecified atom stereocenters. The Balaban J connectivity index is 3.22. The van der Waals surface area contributed by atoms with E-state index in [-0.39, 0.29) is 54.6 Å². The molecule has 0 radical (unpaired) electrons. The van der Waals surface area contributed by atoms with Gasteiger partial charge in [-0.3, -0.25) is 9.59 Å². The predicted molar refractivity (Wildman–Crippen MR) is 152 cm³/mol. The lowest BCUT2D eigenvalue weighted by Crippen LogP contribution is -2.51. The van der Waals surface area contributed by atoms with Crippen LogP contribution >= 0.6 is 0 Å². The zero-order valence-electron chi connectivity index (χ0n) is 26.0. The minimum absolute atomic E-state index is 0.0304. The molecule has 0 spiro atoms. The molecule has 0 bridgehead atoms. The van der Waals surface area contributed by atoms with Crippen LogP contribution in [0.5, 0.6) is 11.5 Å². The maximum absolute atomic E-state index is 12.7. The Labute approximate surface area is 243 Å². The molecule has 0 aliphatic rings. The third kappa shape index (κ3) is 12.8. The van der Waals surface area contributed by atoms with Crippen LogP contribution in [0.15, 0.2) is 18.2 Å². The van der Waals surface area contributed by atoms with Crippen molar-refractivity contribution in [3.8, 4) is 11.5 Å². The third-order valence-corrected chi connectivity index (χ3v) is 6.43. The first-order valence-electron chi connectivity index (χ1n) is 13.8. The molecule has 11 nitrogen and oxygen atoms in total. The number of hydrogen-bond donors (Lipinski definition) is 1. The van der Waals surface area contributed by atoms with Gasteiger partial charge < -0.3 is 34.2 Å². The summed E-state index contributed by atoms with van der Waals surface area (Å²) in [5, 5.41) is 0. The van der Waals surface area contributed by atoms with Gasteiger partial charge in [-0.1, -0.05) is 54.5 Å². The molecule has 1 rings (SSSR count). The summed E-state index contributed by atoms with van der Waals surface area (Å²) in [5.41, 5.74) is 5.07. The van der Waals surface area contributed by atoms with E-state index in [1.165, 1.54) is 19.2 Å². The van der Waals surface area contributed by atoms with E-state index >= 15 is 0 Å². The molecule has 0 saturated heterocycles. The van der Waals surface area contributed by atoms with E-state index in [0.717, 1.165) is 0 Å². The van der Waals surface area contributed by atoms with Crippen LogP contribution in [0.25, 0.3) is 0 Å². The highest BCUT2D eigenvalue weighted by Gasteiger charge is 2.36. The monoisotopic (exact) mass is 581 g/mol. The molecule has 232 valence electrons. The molecule has 0 heterocycles. The van der Waals surface area contributed by atoms with Crippen molar-refractivity contribution >= 4 is 24.2 Å². The van der Waals surface area contributed by atoms with Crippen molar-refractivity contribution in [2.24, 2.45) is 23.0 Å². The van der Waals surface area contributed by atoms with Gasteiger partial charge in [0.15, 0.2) is 11.5 Å². The summed E-state index contributed by atoms with van der Waals surface area (Å²) in [6.45, 7) is 16.6. The zero-order valence-corrected chi connectivity index (χ0v) is 26.0. The SMILES string of the molecule is COC(=O)[C@@](N)(CCOC(=O)CC(C)(C)C)Cc1ccc(OC(=O)OC(C)C(C)C)c(OC(=O)OC(C)C(C)C)c1. The molecule has 1 aromatic carbocycles. The molecule has 3 atom stereocenters. The molecule has 0 fully saturated rings. The molecule has 0 aliphatic heterocycles. The van der Waals surface area contributed by atoms with Gasteiger partial charge in [-0.2, -0.15) is 0 Å². The molecule has 0 saturated carbocycles. The number of ether oxygens (including phenoxy) is 6. The number of nitrogens with two attached hydrogens (primary N) is 1. The van der Waals surface area contributed by atoms with Gasteiger partial charge in [-0.05, 0) is 48.8 Å². The lowest BCUT2D eigenvalue weighted by atomic mass is 9.88. The molecule has 2 N–H and O–H groups in total. The van der Waals surface area contributed by atoms with E-state index in [1.807, 2.05) is 48.5 Å². The Morgan fingerprint density at radius 3 is 1.80 bits per heavy atom. The van der Waals surface area contributed by atoms with Crippen molar-refractivity contribution in [3.63, 3.8) is 0 Å². The maximum atomic E-state index is 12.7. The van der Waals surface area contributed by atoms with Crippen molar-refractivity contribution in [1.29, 1.82) is 0 Å². The first-order valence-corrected chi connectivity index (χ1v) is 13.8. The summed E-state index contributed by atoms with van der Waals surface area (Å²) >= 11 is 0. The van der Waals surface area contributed by atoms with Gasteiger partial charge in [0.2, 0.25) is 0 Å². The first kappa shape index (κ1) is 35.7. The van der Waals surface area contributed by atoms with Gasteiger partial charge in [0.05, 0.1) is 20.1 Å². The van der Waals surface area contributed by atoms with Crippen LogP contribution in [0.1, 0.15) is 80.7 Å². The average Bonchev–Trinajstić information content (AvgIpc) is 2.83. The van der Waals surface area contributed by atoms with E-state index in [4.69, 9.17) is 34.2 Å². The normalized spacial score (nSPS) is 14.5. The molecule has 0 aromatic heterocycles. The molecule has 41 heavy (non-hydrogen) atoms. The van der Waals surface area contributed by atoms with Crippen molar-refractivity contribution in [3.05, 3.63) is 23.8 Å². The van der Waals surface area contributed by atoms with E-state index in [0.29, 0.717) is 5.56 Å². The standard InChI is InChI=1S/C30H47NO10/c1-18(2)20(5)38-27(34)40-23-12-11-22(15-24(23)41-28(35)39-21(6)19(3)4)16-30(31,26(33)36-10)13-14-37-25(32)17-29(7,8)9/h11-12,15,18-21H,13-14,16-17,31H2,1-10H3/t20?,21?,30-/m1/s1. The van der Waals surface area contributed by atoms with Gasteiger partial charge >= 0.3 is 24.2 Å². The fourth-order valence-corrected chi connectivity index (χ4v) is 3.29. The quantitative estimate of drug-likeness (QED) is 0.176. The van der Waals surface area contributed by atoms with Crippen LogP contribution in [0, 0.1) is 17.3 Å². The van der Waals surface area contributed by atoms with E-state index in [2.05, 4.69) is 0 Å². The second kappa shape index (κ2) is 15.6. The van der Waals surface area contributed by atoms with Crippen molar-refractivity contribution < 1.29 is 47.6 Å². The number of rotatable bonds is 13. The molecule has 0 aliphatic carbocycles. The number of esters is 2. The van der Waals surface area contributed by atoms with Crippen LogP contribution < -0.4 is 15.2 Å². The summed E-state index contributed by atoms with van der Waals surface area (Å²) in [6.07, 6.45) is -2.74. The van der Waals surface area contributed by atoms with Gasteiger partial charge in [0.1, 0.15) is 17.7 Å². The third-order valence-electron chi connectivity index (χ3n) is 6.43. The summed E-state index contributed by atoms with van der Waals surface area (Å²) in [6, 6.07) is 4.36. The highest BCUT2D eigenvalue weighted by molar-refractivity contribution is 5.81. The van der Waals surface area contributed by atoms with Crippen molar-refractivity contribution in [1.82, 2.24) is 0 Å². The minimum atomic E-state index is -1.57. The second-order valence-electron chi connectivity index (χ2n) is 12.2. The largest absolute Gasteiger partial charge is 0.514 e. The van der Waals surface area contributed by atoms with Crippen LogP contribution in [0.4, 0.5) is 9.59 Å². The number of carbonyl (C=O) groups is 4. The van der Waals surface area contributed by atoms with Gasteiger partial charge in [0, 0.05) is 12.8 Å². The lowest BCUT2D eigenvalue weighted by molar-refractivity contribution is -0.152. The Morgan fingerprint density at radius 2 is 1.34 bits per heavy atom. The molecule has 1 aromatic rings. The van der Waals surface area contributed by atoms with Crippen molar-refractivity contribution in [2.75, 3.05) is 13.7 Å². The number of hydrogen-bond acceptors (Lipinski definition) is 11. The van der Waals surface area contributed by atoms with Crippen LogP contribution in [0.2, 0.25) is 0 Å². The lowest BCUT2D eigenvalue weighted by Gasteiger charge is -2.27. The topological polar surface area (TPSA) is 150 Å². The van der Waals surface area contributed by atoms with Crippen LogP contribution in [-0.2, 0) is 35.0 Å². The Bertz CT molecular complexity index is 1050. The first-order chi connectivity index (χ1) is 18.9. The van der Waals surface area contributed by atoms with Crippen LogP contribution in [0.3, 0.4) is 0 Å². The number of benzene rings is 1. The fourth-order valence-electron chi connectivity index (χ4n) is 3.29. The molecule has 0 amide bonds. The number of carbonyl (C=O) groups excluding carboxylic acids is 4. The summed E-state index contributed by atoms with van der Waals surface area (Å²) in [7, 11) is 1.21. The van der Waals surface area contributed by atoms with Gasteiger partial charge in [-0.15, -0.1) is 0 Å². The second-order valence-corrected chi connectivity index (χ2v) is 12.2. The summed E-state index contributed by atoms with van der Waals surface area (Å²) in [5.74, 6) is -1.27. The zero-order chi connectivity index (χ0) is 31.5. The highest BCUT2D eigenvalue weighted by atomic mass is 16.8. The van der Waals surface area contributed by atoms with E-state index in [1.54, 1.807) is 19.9 Å². The average molecular weight is 582 g/mol. The smallest absolute Gasteiger partial charge is 0.468 e. The summed E-state index contributed by atoms with van der Waals surface area (Å²) in [4.78, 5) is 49.7. The van der Waals surface area contributed by atoms with E-state index in [9.17, 15) is 19.2 Å². The fraction of sp³-hybridized carbons (Fsp3) is 0.667. The van der Waals surface area contributed by atoms with Crippen molar-refractivity contribution in [2.45, 2.75) is 99.3 Å². The molecular weight excluding hydrogens is 534 g/mol. The van der Waals surface area contributed by atoms with Crippen LogP contribution in [-0.4, -0.2) is 55.7 Å². The van der Waals surface area contributed by atoms with E-state index < -0.39 is 42.0 Å². The minimum Gasteiger partial charge on any atom is -0.468 e. The Kier molecular flexibility index (Phi) is 13.6. The highest BCUT2D eigenvalue weighted by Crippen LogP contribution is 2.32. The maximum Gasteiger partial charge on any atom is 0.514 e. The molecular formula is C30H47NO10. The predicted octanol–water partition coefficient (Wildman–Crippen LogP) is 5.59.